The maximum absolute atomic E-state index is 5.59. The standard InChI is InChI=1S/C11H18N4/c1-4-6-7-13-10-9(5-2)8(3)14-11(12)15-10/h5H,2,4,6-7H2,1,3H3,(H3,12,13,14,15). The van der Waals surface area contributed by atoms with Gasteiger partial charge < -0.3 is 11.1 Å². The zero-order chi connectivity index (χ0) is 11.3. The Bertz CT molecular complexity index is 347. The Kier molecular flexibility index (Phi) is 4.09. The van der Waals surface area contributed by atoms with Gasteiger partial charge >= 0.3 is 0 Å². The molecule has 0 amide bonds. The van der Waals surface area contributed by atoms with Crippen molar-refractivity contribution < 1.29 is 0 Å². The van der Waals surface area contributed by atoms with Crippen LogP contribution in [0.25, 0.3) is 6.08 Å². The van der Waals surface area contributed by atoms with Gasteiger partial charge in [0.1, 0.15) is 5.82 Å². The lowest BCUT2D eigenvalue weighted by Gasteiger charge is -2.10. The highest BCUT2D eigenvalue weighted by molar-refractivity contribution is 5.64. The summed E-state index contributed by atoms with van der Waals surface area (Å²) in [5.74, 6) is 1.08. The summed E-state index contributed by atoms with van der Waals surface area (Å²) in [6, 6.07) is 0. The van der Waals surface area contributed by atoms with Gasteiger partial charge in [-0.15, -0.1) is 0 Å². The van der Waals surface area contributed by atoms with Crippen molar-refractivity contribution in [3.05, 3.63) is 17.8 Å². The van der Waals surface area contributed by atoms with Crippen LogP contribution in [0.15, 0.2) is 6.58 Å². The second kappa shape index (κ2) is 5.34. The predicted octanol–water partition coefficient (Wildman–Crippen LogP) is 2.22. The van der Waals surface area contributed by atoms with Gasteiger partial charge in [0, 0.05) is 12.1 Å². The number of hydrogen-bond donors (Lipinski definition) is 2. The summed E-state index contributed by atoms with van der Waals surface area (Å²) in [6.45, 7) is 8.70. The van der Waals surface area contributed by atoms with Crippen molar-refractivity contribution in [1.29, 1.82) is 0 Å². The number of nitrogens with zero attached hydrogens (tertiary/aromatic N) is 2. The molecule has 1 aromatic heterocycles. The second-order valence-corrected chi connectivity index (χ2v) is 3.41. The third-order valence-electron chi connectivity index (χ3n) is 2.18. The molecule has 1 rings (SSSR count). The number of hydrogen-bond acceptors (Lipinski definition) is 4. The van der Waals surface area contributed by atoms with Gasteiger partial charge in [-0.1, -0.05) is 26.0 Å². The molecule has 4 heteroatoms. The average Bonchev–Trinajstić information content (AvgIpc) is 2.17. The van der Waals surface area contributed by atoms with Crippen LogP contribution in [0.4, 0.5) is 11.8 Å². The maximum Gasteiger partial charge on any atom is 0.222 e. The topological polar surface area (TPSA) is 63.8 Å². The summed E-state index contributed by atoms with van der Waals surface area (Å²) < 4.78 is 0. The van der Waals surface area contributed by atoms with Crippen LogP contribution in [0.5, 0.6) is 0 Å². The fourth-order valence-electron chi connectivity index (χ4n) is 1.37. The van der Waals surface area contributed by atoms with E-state index in [1.165, 1.54) is 0 Å². The number of rotatable bonds is 5. The lowest BCUT2D eigenvalue weighted by atomic mass is 10.2. The third-order valence-corrected chi connectivity index (χ3v) is 2.18. The first-order chi connectivity index (χ1) is 7.19. The van der Waals surface area contributed by atoms with Crippen molar-refractivity contribution in [1.82, 2.24) is 9.97 Å². The summed E-state index contributed by atoms with van der Waals surface area (Å²) in [6.07, 6.45) is 4.01. The van der Waals surface area contributed by atoms with Gasteiger partial charge in [-0.2, -0.15) is 4.98 Å². The maximum atomic E-state index is 5.59. The van der Waals surface area contributed by atoms with Crippen molar-refractivity contribution in [3.63, 3.8) is 0 Å². The first-order valence-corrected chi connectivity index (χ1v) is 5.19. The van der Waals surface area contributed by atoms with E-state index in [9.17, 15) is 0 Å². The summed E-state index contributed by atoms with van der Waals surface area (Å²) in [7, 11) is 0. The smallest absolute Gasteiger partial charge is 0.222 e. The van der Waals surface area contributed by atoms with Crippen LogP contribution in [0.2, 0.25) is 0 Å². The molecule has 0 atom stereocenters. The number of anilines is 2. The van der Waals surface area contributed by atoms with Crippen LogP contribution in [0.3, 0.4) is 0 Å². The van der Waals surface area contributed by atoms with Crippen LogP contribution in [-0.2, 0) is 0 Å². The second-order valence-electron chi connectivity index (χ2n) is 3.41. The van der Waals surface area contributed by atoms with Gasteiger partial charge in [-0.05, 0) is 13.3 Å². The molecule has 0 aliphatic carbocycles. The molecule has 82 valence electrons. The molecular weight excluding hydrogens is 188 g/mol. The molecule has 0 aromatic carbocycles. The Balaban J connectivity index is 2.88. The summed E-state index contributed by atoms with van der Waals surface area (Å²) in [4.78, 5) is 8.25. The molecule has 0 aliphatic heterocycles. The average molecular weight is 206 g/mol. The van der Waals surface area contributed by atoms with Crippen LogP contribution in [0, 0.1) is 6.92 Å². The Hall–Kier alpha value is -1.58. The van der Waals surface area contributed by atoms with Crippen LogP contribution in [-0.4, -0.2) is 16.5 Å². The van der Waals surface area contributed by atoms with Gasteiger partial charge in [-0.3, -0.25) is 0 Å². The highest BCUT2D eigenvalue weighted by atomic mass is 15.1. The van der Waals surface area contributed by atoms with E-state index in [-0.39, 0.29) is 0 Å². The minimum Gasteiger partial charge on any atom is -0.369 e. The molecule has 0 unspecified atom stereocenters. The normalized spacial score (nSPS) is 10.0. The van der Waals surface area contributed by atoms with Gasteiger partial charge in [0.25, 0.3) is 0 Å². The fourth-order valence-corrected chi connectivity index (χ4v) is 1.37. The van der Waals surface area contributed by atoms with E-state index in [0.717, 1.165) is 36.5 Å². The van der Waals surface area contributed by atoms with E-state index in [0.29, 0.717) is 5.95 Å². The van der Waals surface area contributed by atoms with Gasteiger partial charge in [0.15, 0.2) is 0 Å². The molecule has 0 saturated heterocycles. The number of aromatic nitrogens is 2. The molecule has 0 aliphatic rings. The molecule has 0 fully saturated rings. The van der Waals surface area contributed by atoms with Crippen LogP contribution >= 0.6 is 0 Å². The van der Waals surface area contributed by atoms with E-state index in [1.54, 1.807) is 6.08 Å². The molecule has 3 N–H and O–H groups in total. The molecule has 15 heavy (non-hydrogen) atoms. The van der Waals surface area contributed by atoms with Gasteiger partial charge in [0.2, 0.25) is 5.95 Å². The largest absolute Gasteiger partial charge is 0.369 e. The van der Waals surface area contributed by atoms with Crippen molar-refractivity contribution in [2.45, 2.75) is 26.7 Å². The first kappa shape index (κ1) is 11.5. The van der Waals surface area contributed by atoms with E-state index in [2.05, 4.69) is 28.8 Å². The molecule has 1 heterocycles. The fraction of sp³-hybridized carbons (Fsp3) is 0.455. The Labute approximate surface area is 90.6 Å². The third kappa shape index (κ3) is 2.94. The van der Waals surface area contributed by atoms with Crippen molar-refractivity contribution >= 4 is 17.8 Å². The Morgan fingerprint density at radius 3 is 2.80 bits per heavy atom. The number of aryl methyl sites for hydroxylation is 1. The molecule has 0 radical (unpaired) electrons. The minimum absolute atomic E-state index is 0.303. The highest BCUT2D eigenvalue weighted by Crippen LogP contribution is 2.18. The number of unbranched alkanes of at least 4 members (excludes halogenated alkanes) is 1. The molecular formula is C11H18N4. The summed E-state index contributed by atoms with van der Waals surface area (Å²) in [5, 5.41) is 3.24. The van der Waals surface area contributed by atoms with E-state index >= 15 is 0 Å². The lowest BCUT2D eigenvalue weighted by molar-refractivity contribution is 0.830. The lowest BCUT2D eigenvalue weighted by Crippen LogP contribution is -2.09. The SMILES string of the molecule is C=Cc1c(C)nc(N)nc1NCCCC. The summed E-state index contributed by atoms with van der Waals surface area (Å²) in [5.41, 5.74) is 7.38. The van der Waals surface area contributed by atoms with Crippen molar-refractivity contribution in [3.8, 4) is 0 Å². The van der Waals surface area contributed by atoms with Crippen LogP contribution < -0.4 is 11.1 Å². The van der Waals surface area contributed by atoms with Crippen molar-refractivity contribution in [2.24, 2.45) is 0 Å². The predicted molar refractivity (Wildman–Crippen MR) is 64.7 cm³/mol. The highest BCUT2D eigenvalue weighted by Gasteiger charge is 2.06. The Morgan fingerprint density at radius 1 is 1.47 bits per heavy atom. The first-order valence-electron chi connectivity index (χ1n) is 5.19. The monoisotopic (exact) mass is 206 g/mol. The molecule has 0 bridgehead atoms. The quantitative estimate of drug-likeness (QED) is 0.725. The molecule has 0 spiro atoms. The zero-order valence-corrected chi connectivity index (χ0v) is 9.38. The Morgan fingerprint density at radius 2 is 2.20 bits per heavy atom. The van der Waals surface area contributed by atoms with E-state index < -0.39 is 0 Å². The van der Waals surface area contributed by atoms with Crippen molar-refractivity contribution in [2.75, 3.05) is 17.6 Å². The van der Waals surface area contributed by atoms with E-state index in [4.69, 9.17) is 5.73 Å². The number of nitrogens with one attached hydrogen (secondary N) is 1. The number of nitrogens with two attached hydrogens (primary N) is 1. The molecule has 4 nitrogen and oxygen atoms in total. The summed E-state index contributed by atoms with van der Waals surface area (Å²) >= 11 is 0. The number of nitrogen functional groups attached to an aromatic ring is 1. The van der Waals surface area contributed by atoms with Gasteiger partial charge in [-0.25, -0.2) is 4.98 Å². The molecule has 0 saturated carbocycles. The molecule has 1 aromatic rings. The van der Waals surface area contributed by atoms with E-state index in [1.807, 2.05) is 6.92 Å². The van der Waals surface area contributed by atoms with Crippen LogP contribution in [0.1, 0.15) is 31.0 Å². The minimum atomic E-state index is 0.303. The van der Waals surface area contributed by atoms with Gasteiger partial charge in [0.05, 0.1) is 5.69 Å². The zero-order valence-electron chi connectivity index (χ0n) is 9.38.